The Balaban J connectivity index is 1.91. The van der Waals surface area contributed by atoms with Gasteiger partial charge in [0.05, 0.1) is 5.75 Å². The van der Waals surface area contributed by atoms with Crippen LogP contribution in [0.4, 0.5) is 0 Å². The standard InChI is InChI=1S/C9H8N4O2S/c14-6-4-16-3-5(6)9-12-8(13-15-9)7-10-1-2-11-7/h1-2,5H,3-4H2,(H,10,11). The van der Waals surface area contributed by atoms with Gasteiger partial charge in [-0.05, 0) is 0 Å². The smallest absolute Gasteiger partial charge is 0.238 e. The van der Waals surface area contributed by atoms with Crippen molar-refractivity contribution < 1.29 is 9.32 Å². The summed E-state index contributed by atoms with van der Waals surface area (Å²) in [6.07, 6.45) is 3.30. The van der Waals surface area contributed by atoms with E-state index in [4.69, 9.17) is 4.52 Å². The van der Waals surface area contributed by atoms with Crippen molar-refractivity contribution >= 4 is 17.5 Å². The number of imidazole rings is 1. The molecule has 0 aliphatic carbocycles. The third-order valence-corrected chi connectivity index (χ3v) is 3.43. The van der Waals surface area contributed by atoms with Crippen molar-refractivity contribution in [2.24, 2.45) is 0 Å². The van der Waals surface area contributed by atoms with E-state index in [0.29, 0.717) is 23.3 Å². The number of carbonyl (C=O) groups is 1. The summed E-state index contributed by atoms with van der Waals surface area (Å²) in [5.74, 6) is 2.49. The molecule has 7 heteroatoms. The minimum absolute atomic E-state index is 0.152. The second kappa shape index (κ2) is 3.75. The highest BCUT2D eigenvalue weighted by atomic mass is 32.2. The molecular formula is C9H8N4O2S. The summed E-state index contributed by atoms with van der Waals surface area (Å²) in [6.45, 7) is 0. The third kappa shape index (κ3) is 1.53. The average Bonchev–Trinajstić information content (AvgIpc) is 2.96. The lowest BCUT2D eigenvalue weighted by Gasteiger charge is -1.97. The quantitative estimate of drug-likeness (QED) is 0.832. The topological polar surface area (TPSA) is 84.7 Å². The van der Waals surface area contributed by atoms with E-state index in [1.165, 1.54) is 0 Å². The maximum absolute atomic E-state index is 11.5. The Hall–Kier alpha value is -1.63. The predicted octanol–water partition coefficient (Wildman–Crippen LogP) is 0.859. The summed E-state index contributed by atoms with van der Waals surface area (Å²) in [7, 11) is 0. The SMILES string of the molecule is O=C1CSCC1c1nc(-c2ncc[nH]2)no1. The number of rotatable bonds is 2. The average molecular weight is 236 g/mol. The lowest BCUT2D eigenvalue weighted by atomic mass is 10.1. The Bertz CT molecular complexity index is 507. The van der Waals surface area contributed by atoms with Crippen LogP contribution in [0.15, 0.2) is 16.9 Å². The van der Waals surface area contributed by atoms with Crippen LogP contribution in [-0.4, -0.2) is 37.4 Å². The number of Topliss-reactive ketones (excluding diaryl/α,β-unsaturated/α-hetero) is 1. The summed E-state index contributed by atoms with van der Waals surface area (Å²) in [5, 5.41) is 3.80. The number of thioether (sulfide) groups is 1. The third-order valence-electron chi connectivity index (χ3n) is 2.37. The van der Waals surface area contributed by atoms with Crippen molar-refractivity contribution in [3.63, 3.8) is 0 Å². The van der Waals surface area contributed by atoms with Gasteiger partial charge in [-0.2, -0.15) is 16.7 Å². The zero-order valence-electron chi connectivity index (χ0n) is 8.21. The van der Waals surface area contributed by atoms with Gasteiger partial charge in [-0.25, -0.2) is 4.98 Å². The van der Waals surface area contributed by atoms with Crippen molar-refractivity contribution in [1.82, 2.24) is 20.1 Å². The fraction of sp³-hybridized carbons (Fsp3) is 0.333. The van der Waals surface area contributed by atoms with Crippen LogP contribution in [0.3, 0.4) is 0 Å². The molecule has 2 aromatic heterocycles. The van der Waals surface area contributed by atoms with Crippen molar-refractivity contribution in [1.29, 1.82) is 0 Å². The molecule has 0 amide bonds. The van der Waals surface area contributed by atoms with Crippen LogP contribution in [-0.2, 0) is 4.79 Å². The normalized spacial score (nSPS) is 20.5. The summed E-state index contributed by atoms with van der Waals surface area (Å²) in [6, 6.07) is 0. The maximum atomic E-state index is 11.5. The van der Waals surface area contributed by atoms with Crippen LogP contribution in [0, 0.1) is 0 Å². The lowest BCUT2D eigenvalue weighted by Crippen LogP contribution is -2.09. The molecule has 0 aromatic carbocycles. The molecule has 1 saturated heterocycles. The molecule has 1 fully saturated rings. The Morgan fingerprint density at radius 1 is 1.56 bits per heavy atom. The first kappa shape index (κ1) is 9.59. The monoisotopic (exact) mass is 236 g/mol. The number of hydrogen-bond donors (Lipinski definition) is 1. The van der Waals surface area contributed by atoms with Gasteiger partial charge in [-0.1, -0.05) is 5.16 Å². The van der Waals surface area contributed by atoms with E-state index in [2.05, 4.69) is 20.1 Å². The Morgan fingerprint density at radius 2 is 2.50 bits per heavy atom. The van der Waals surface area contributed by atoms with Crippen molar-refractivity contribution in [3.8, 4) is 11.6 Å². The van der Waals surface area contributed by atoms with Gasteiger partial charge in [0.2, 0.25) is 11.7 Å². The summed E-state index contributed by atoms with van der Waals surface area (Å²) in [4.78, 5) is 22.6. The number of carbonyl (C=O) groups excluding carboxylic acids is 1. The zero-order valence-corrected chi connectivity index (χ0v) is 9.03. The molecule has 1 aliphatic heterocycles. The highest BCUT2D eigenvalue weighted by Gasteiger charge is 2.31. The Labute approximate surface area is 94.8 Å². The lowest BCUT2D eigenvalue weighted by molar-refractivity contribution is -0.117. The molecule has 16 heavy (non-hydrogen) atoms. The molecule has 1 unspecified atom stereocenters. The van der Waals surface area contributed by atoms with E-state index in [9.17, 15) is 4.79 Å². The van der Waals surface area contributed by atoms with Crippen molar-refractivity contribution in [3.05, 3.63) is 18.3 Å². The van der Waals surface area contributed by atoms with E-state index in [-0.39, 0.29) is 11.7 Å². The molecule has 6 nitrogen and oxygen atoms in total. The number of H-pyrrole nitrogens is 1. The summed E-state index contributed by atoms with van der Waals surface area (Å²) < 4.78 is 5.09. The summed E-state index contributed by atoms with van der Waals surface area (Å²) in [5.41, 5.74) is 0. The van der Waals surface area contributed by atoms with Crippen LogP contribution in [0.1, 0.15) is 11.8 Å². The van der Waals surface area contributed by atoms with Gasteiger partial charge in [0.1, 0.15) is 5.92 Å². The molecule has 3 heterocycles. The molecule has 0 saturated carbocycles. The van der Waals surface area contributed by atoms with E-state index in [0.717, 1.165) is 5.75 Å². The van der Waals surface area contributed by atoms with Gasteiger partial charge in [0.25, 0.3) is 0 Å². The first-order chi connectivity index (χ1) is 7.84. The van der Waals surface area contributed by atoms with Crippen molar-refractivity contribution in [2.75, 3.05) is 11.5 Å². The molecule has 1 N–H and O–H groups in total. The first-order valence-electron chi connectivity index (χ1n) is 4.78. The molecule has 0 bridgehead atoms. The molecule has 82 valence electrons. The predicted molar refractivity (Wildman–Crippen MR) is 57.0 cm³/mol. The molecule has 0 spiro atoms. The van der Waals surface area contributed by atoms with E-state index in [1.54, 1.807) is 24.2 Å². The number of aromatic amines is 1. The molecule has 3 rings (SSSR count). The van der Waals surface area contributed by atoms with Crippen molar-refractivity contribution in [2.45, 2.75) is 5.92 Å². The number of aromatic nitrogens is 4. The van der Waals surface area contributed by atoms with E-state index in [1.807, 2.05) is 0 Å². The van der Waals surface area contributed by atoms with Gasteiger partial charge in [0, 0.05) is 18.1 Å². The van der Waals surface area contributed by atoms with Crippen LogP contribution in [0.5, 0.6) is 0 Å². The molecule has 1 atom stereocenters. The van der Waals surface area contributed by atoms with Crippen LogP contribution in [0.25, 0.3) is 11.6 Å². The van der Waals surface area contributed by atoms with Gasteiger partial charge in [-0.3, -0.25) is 4.79 Å². The van der Waals surface area contributed by atoms with E-state index >= 15 is 0 Å². The fourth-order valence-corrected chi connectivity index (χ4v) is 2.62. The zero-order chi connectivity index (χ0) is 11.0. The largest absolute Gasteiger partial charge is 0.342 e. The Morgan fingerprint density at radius 3 is 3.19 bits per heavy atom. The van der Waals surface area contributed by atoms with Crippen LogP contribution < -0.4 is 0 Å². The molecule has 2 aromatic rings. The number of nitrogens with zero attached hydrogens (tertiary/aromatic N) is 3. The number of hydrogen-bond acceptors (Lipinski definition) is 6. The number of ketones is 1. The second-order valence-corrected chi connectivity index (χ2v) is 4.46. The maximum Gasteiger partial charge on any atom is 0.238 e. The summed E-state index contributed by atoms with van der Waals surface area (Å²) >= 11 is 1.59. The second-order valence-electron chi connectivity index (χ2n) is 3.43. The number of nitrogens with one attached hydrogen (secondary N) is 1. The van der Waals surface area contributed by atoms with Gasteiger partial charge < -0.3 is 9.51 Å². The molecule has 0 radical (unpaired) electrons. The van der Waals surface area contributed by atoms with Crippen LogP contribution in [0.2, 0.25) is 0 Å². The van der Waals surface area contributed by atoms with Crippen LogP contribution >= 0.6 is 11.8 Å². The minimum atomic E-state index is -0.249. The highest BCUT2D eigenvalue weighted by molar-refractivity contribution is 8.00. The highest BCUT2D eigenvalue weighted by Crippen LogP contribution is 2.29. The molecule has 1 aliphatic rings. The van der Waals surface area contributed by atoms with Gasteiger partial charge in [-0.15, -0.1) is 0 Å². The van der Waals surface area contributed by atoms with Gasteiger partial charge >= 0.3 is 0 Å². The Kier molecular flexibility index (Phi) is 2.24. The fourth-order valence-electron chi connectivity index (χ4n) is 1.54. The first-order valence-corrected chi connectivity index (χ1v) is 5.94. The van der Waals surface area contributed by atoms with E-state index < -0.39 is 0 Å². The van der Waals surface area contributed by atoms with Gasteiger partial charge in [0.15, 0.2) is 11.6 Å². The molecular weight excluding hydrogens is 228 g/mol. The minimum Gasteiger partial charge on any atom is -0.342 e.